The number of nitrogens with zero attached hydrogens (tertiary/aromatic N) is 1. The molecule has 1 atom stereocenters. The maximum absolute atomic E-state index is 10.9. The average Bonchev–Trinajstić information content (AvgIpc) is 2.84. The molecule has 0 heterocycles. The van der Waals surface area contributed by atoms with Crippen LogP contribution in [0.4, 0.5) is 0 Å². The van der Waals surface area contributed by atoms with Gasteiger partial charge in [0.25, 0.3) is 0 Å². The Morgan fingerprint density at radius 3 is 2.49 bits per heavy atom. The third-order valence-electron chi connectivity index (χ3n) is 6.23. The van der Waals surface area contributed by atoms with E-state index in [0.717, 1.165) is 45.9 Å². The fourth-order valence-corrected chi connectivity index (χ4v) is 5.36. The number of aryl methyl sites for hydroxylation is 1. The van der Waals surface area contributed by atoms with Crippen LogP contribution in [0.15, 0.2) is 77.7 Å². The summed E-state index contributed by atoms with van der Waals surface area (Å²) in [7, 11) is 1.98. The van der Waals surface area contributed by atoms with E-state index in [2.05, 4.69) is 37.4 Å². The van der Waals surface area contributed by atoms with Crippen molar-refractivity contribution in [3.63, 3.8) is 0 Å². The summed E-state index contributed by atoms with van der Waals surface area (Å²) in [6, 6.07) is 23.8. The smallest absolute Gasteiger partial charge is 0.307 e. The van der Waals surface area contributed by atoms with E-state index in [0.29, 0.717) is 13.1 Å². The first-order valence-corrected chi connectivity index (χ1v) is 13.7. The van der Waals surface area contributed by atoms with Crippen molar-refractivity contribution in [3.8, 4) is 11.1 Å². The molecule has 0 spiro atoms. The number of carbonyl (C=O) groups is 1. The SMILES string of the molecule is CN(C[C@H](O)CNC(C)(C)CCCc1ccccc1Cl)Sc1cccc(-c2ccc(CC(=O)O)cc2)c1. The molecule has 198 valence electrons. The largest absolute Gasteiger partial charge is 0.481 e. The molecule has 3 rings (SSSR count). The van der Waals surface area contributed by atoms with Gasteiger partial charge in [0.2, 0.25) is 0 Å². The first kappa shape index (κ1) is 29.2. The van der Waals surface area contributed by atoms with Gasteiger partial charge in [0, 0.05) is 28.5 Å². The molecule has 0 saturated carbocycles. The van der Waals surface area contributed by atoms with Crippen LogP contribution in [0.25, 0.3) is 11.1 Å². The minimum atomic E-state index is -0.830. The standard InChI is InChI=1S/C30H37ClN2O3S/c1-30(2,17-7-10-24-8-4-5-12-28(24)31)32-20-26(34)21-33(3)37-27-11-6-9-25(19-27)23-15-13-22(14-16-23)18-29(35)36/h4-6,8-9,11-16,19,26,32,34H,7,10,17-18,20-21H2,1-3H3,(H,35,36)/t26-/m1/s1. The van der Waals surface area contributed by atoms with Crippen LogP contribution in [0.2, 0.25) is 5.02 Å². The third-order valence-corrected chi connectivity index (χ3v) is 7.52. The number of halogens is 1. The number of carboxylic acid groups (broad SMARTS) is 1. The molecule has 0 radical (unpaired) electrons. The number of hydrogen-bond acceptors (Lipinski definition) is 5. The Kier molecular flexibility index (Phi) is 11.0. The summed E-state index contributed by atoms with van der Waals surface area (Å²) in [6.45, 7) is 5.39. The summed E-state index contributed by atoms with van der Waals surface area (Å²) in [4.78, 5) is 12.0. The van der Waals surface area contributed by atoms with E-state index >= 15 is 0 Å². The van der Waals surface area contributed by atoms with Crippen LogP contribution in [-0.2, 0) is 17.6 Å². The van der Waals surface area contributed by atoms with Crippen molar-refractivity contribution >= 4 is 29.5 Å². The quantitative estimate of drug-likeness (QED) is 0.208. The Hall–Kier alpha value is -2.35. The van der Waals surface area contributed by atoms with Crippen LogP contribution in [0.1, 0.15) is 37.8 Å². The minimum absolute atomic E-state index is 0.0257. The topological polar surface area (TPSA) is 72.8 Å². The predicted molar refractivity (Wildman–Crippen MR) is 154 cm³/mol. The average molecular weight is 541 g/mol. The van der Waals surface area contributed by atoms with Crippen LogP contribution in [0, 0.1) is 0 Å². The van der Waals surface area contributed by atoms with E-state index in [1.54, 1.807) is 11.9 Å². The highest BCUT2D eigenvalue weighted by atomic mass is 35.5. The number of nitrogens with one attached hydrogen (secondary N) is 1. The number of hydrogen-bond donors (Lipinski definition) is 3. The number of benzene rings is 3. The van der Waals surface area contributed by atoms with Gasteiger partial charge in [-0.1, -0.05) is 66.2 Å². The van der Waals surface area contributed by atoms with Crippen molar-refractivity contribution in [2.75, 3.05) is 20.1 Å². The molecule has 3 N–H and O–H groups in total. The van der Waals surface area contributed by atoms with Crippen LogP contribution >= 0.6 is 23.5 Å². The molecule has 0 aliphatic rings. The van der Waals surface area contributed by atoms with Gasteiger partial charge in [-0.2, -0.15) is 0 Å². The second-order valence-electron chi connectivity index (χ2n) is 10.1. The van der Waals surface area contributed by atoms with Gasteiger partial charge in [0.15, 0.2) is 0 Å². The maximum Gasteiger partial charge on any atom is 0.307 e. The lowest BCUT2D eigenvalue weighted by atomic mass is 9.95. The lowest BCUT2D eigenvalue weighted by molar-refractivity contribution is -0.136. The first-order chi connectivity index (χ1) is 17.6. The molecule has 37 heavy (non-hydrogen) atoms. The van der Waals surface area contributed by atoms with Gasteiger partial charge in [-0.25, -0.2) is 4.31 Å². The van der Waals surface area contributed by atoms with Crippen LogP contribution in [-0.4, -0.2) is 52.3 Å². The minimum Gasteiger partial charge on any atom is -0.481 e. The summed E-state index contributed by atoms with van der Waals surface area (Å²) in [5, 5.41) is 23.9. The third kappa shape index (κ3) is 10.1. The Morgan fingerprint density at radius 1 is 1.05 bits per heavy atom. The van der Waals surface area contributed by atoms with Crippen LogP contribution in [0.5, 0.6) is 0 Å². The molecule has 0 aliphatic carbocycles. The van der Waals surface area contributed by atoms with E-state index in [1.807, 2.05) is 66.0 Å². The van der Waals surface area contributed by atoms with Gasteiger partial charge in [0.05, 0.1) is 12.5 Å². The highest BCUT2D eigenvalue weighted by molar-refractivity contribution is 7.97. The lowest BCUT2D eigenvalue weighted by Gasteiger charge is -2.29. The molecule has 0 saturated heterocycles. The van der Waals surface area contributed by atoms with Crippen molar-refractivity contribution in [1.29, 1.82) is 0 Å². The lowest BCUT2D eigenvalue weighted by Crippen LogP contribution is -2.45. The molecule has 0 aliphatic heterocycles. The fraction of sp³-hybridized carbons (Fsp3) is 0.367. The molecule has 0 fully saturated rings. The first-order valence-electron chi connectivity index (χ1n) is 12.6. The molecular formula is C30H37ClN2O3S. The Morgan fingerprint density at radius 2 is 1.78 bits per heavy atom. The van der Waals surface area contributed by atoms with Gasteiger partial charge in [-0.05, 0) is 92.6 Å². The maximum atomic E-state index is 10.9. The highest BCUT2D eigenvalue weighted by Gasteiger charge is 2.19. The monoisotopic (exact) mass is 540 g/mol. The van der Waals surface area contributed by atoms with Crippen molar-refractivity contribution in [2.45, 2.75) is 56.1 Å². The number of aliphatic hydroxyl groups is 1. The second kappa shape index (κ2) is 14.0. The molecule has 7 heteroatoms. The summed E-state index contributed by atoms with van der Waals surface area (Å²) < 4.78 is 2.05. The van der Waals surface area contributed by atoms with Gasteiger partial charge < -0.3 is 15.5 Å². The molecule has 0 bridgehead atoms. The second-order valence-corrected chi connectivity index (χ2v) is 11.7. The number of rotatable bonds is 14. The van der Waals surface area contributed by atoms with Crippen molar-refractivity contribution < 1.29 is 15.0 Å². The van der Waals surface area contributed by atoms with Crippen molar-refractivity contribution in [1.82, 2.24) is 9.62 Å². The van der Waals surface area contributed by atoms with Crippen molar-refractivity contribution in [3.05, 3.63) is 88.9 Å². The van der Waals surface area contributed by atoms with Crippen LogP contribution in [0.3, 0.4) is 0 Å². The molecule has 3 aromatic carbocycles. The molecule has 3 aromatic rings. The fourth-order valence-electron chi connectivity index (χ4n) is 4.21. The van der Waals surface area contributed by atoms with E-state index in [4.69, 9.17) is 16.7 Å². The van der Waals surface area contributed by atoms with Gasteiger partial charge in [-0.15, -0.1) is 0 Å². The zero-order valence-corrected chi connectivity index (χ0v) is 23.4. The van der Waals surface area contributed by atoms with E-state index in [1.165, 1.54) is 5.56 Å². The van der Waals surface area contributed by atoms with Gasteiger partial charge in [0.1, 0.15) is 0 Å². The molecule has 0 amide bonds. The zero-order valence-electron chi connectivity index (χ0n) is 21.8. The summed E-state index contributed by atoms with van der Waals surface area (Å²) >= 11 is 7.86. The number of β-amino-alcohol motifs (C(OH)–C–C–N with tert-alkyl or cyclic N) is 1. The Bertz CT molecular complexity index is 1150. The normalized spacial score (nSPS) is 12.6. The number of aliphatic hydroxyl groups excluding tert-OH is 1. The number of likely N-dealkylation sites (N-methyl/N-ethyl adjacent to an activating group) is 1. The highest BCUT2D eigenvalue weighted by Crippen LogP contribution is 2.28. The Balaban J connectivity index is 1.44. The number of carboxylic acids is 1. The summed E-state index contributed by atoms with van der Waals surface area (Å²) in [6.07, 6.45) is 2.48. The Labute approximate surface area is 230 Å². The molecular weight excluding hydrogens is 504 g/mol. The van der Waals surface area contributed by atoms with E-state index in [-0.39, 0.29) is 12.0 Å². The van der Waals surface area contributed by atoms with E-state index < -0.39 is 12.1 Å². The molecule has 0 unspecified atom stereocenters. The number of aliphatic carboxylic acids is 1. The zero-order chi connectivity index (χ0) is 26.8. The van der Waals surface area contributed by atoms with Crippen LogP contribution < -0.4 is 5.32 Å². The van der Waals surface area contributed by atoms with Gasteiger partial charge in [-0.3, -0.25) is 4.79 Å². The summed E-state index contributed by atoms with van der Waals surface area (Å²) in [5.41, 5.74) is 3.99. The van der Waals surface area contributed by atoms with E-state index in [9.17, 15) is 9.90 Å². The van der Waals surface area contributed by atoms with Gasteiger partial charge >= 0.3 is 5.97 Å². The van der Waals surface area contributed by atoms with Crippen molar-refractivity contribution in [2.24, 2.45) is 0 Å². The predicted octanol–water partition coefficient (Wildman–Crippen LogP) is 6.33. The molecule has 5 nitrogen and oxygen atoms in total. The molecule has 0 aromatic heterocycles. The summed E-state index contributed by atoms with van der Waals surface area (Å²) in [5.74, 6) is -0.830.